The van der Waals surface area contributed by atoms with Crippen LogP contribution in [0.1, 0.15) is 25.8 Å². The number of aliphatic hydroxyl groups is 1. The topological polar surface area (TPSA) is 20.2 Å². The third kappa shape index (κ3) is 5.28. The summed E-state index contributed by atoms with van der Waals surface area (Å²) in [6.45, 7) is 4.27. The molecule has 0 bridgehead atoms. The van der Waals surface area contributed by atoms with E-state index in [1.165, 1.54) is 12.1 Å². The van der Waals surface area contributed by atoms with Gasteiger partial charge in [-0.1, -0.05) is 31.5 Å². The SMILES string of the molecule is CCC(C)SCC(O)Cc1ccc(F)cc1Cl. The number of hydrogen-bond acceptors (Lipinski definition) is 2. The summed E-state index contributed by atoms with van der Waals surface area (Å²) in [6, 6.07) is 4.29. The van der Waals surface area contributed by atoms with Crippen LogP contribution in [-0.2, 0) is 6.42 Å². The van der Waals surface area contributed by atoms with Gasteiger partial charge in [-0.05, 0) is 24.1 Å². The van der Waals surface area contributed by atoms with E-state index < -0.39 is 6.10 Å². The van der Waals surface area contributed by atoms with Crippen molar-refractivity contribution in [1.82, 2.24) is 0 Å². The van der Waals surface area contributed by atoms with Gasteiger partial charge in [0.05, 0.1) is 6.10 Å². The summed E-state index contributed by atoms with van der Waals surface area (Å²) in [7, 11) is 0. The first-order valence-corrected chi connectivity index (χ1v) is 7.19. The van der Waals surface area contributed by atoms with Crippen LogP contribution in [-0.4, -0.2) is 22.2 Å². The number of benzene rings is 1. The smallest absolute Gasteiger partial charge is 0.124 e. The van der Waals surface area contributed by atoms with Crippen molar-refractivity contribution in [1.29, 1.82) is 0 Å². The predicted octanol–water partition coefficient (Wildman–Crippen LogP) is 3.91. The van der Waals surface area contributed by atoms with Crippen LogP contribution >= 0.6 is 23.4 Å². The molecule has 1 rings (SSSR count). The maximum atomic E-state index is 12.8. The van der Waals surface area contributed by atoms with Gasteiger partial charge in [0.2, 0.25) is 0 Å². The lowest BCUT2D eigenvalue weighted by Gasteiger charge is -2.14. The Bertz CT molecular complexity index is 359. The Morgan fingerprint density at radius 2 is 2.18 bits per heavy atom. The minimum atomic E-state index is -0.433. The molecule has 1 aromatic carbocycles. The van der Waals surface area contributed by atoms with Crippen LogP contribution in [0.15, 0.2) is 18.2 Å². The van der Waals surface area contributed by atoms with Gasteiger partial charge in [-0.3, -0.25) is 0 Å². The van der Waals surface area contributed by atoms with E-state index in [1.807, 2.05) is 0 Å². The molecule has 1 aromatic rings. The normalized spacial score (nSPS) is 14.6. The molecule has 0 aliphatic heterocycles. The monoisotopic (exact) mass is 276 g/mol. The molecule has 1 nitrogen and oxygen atoms in total. The van der Waals surface area contributed by atoms with E-state index in [0.29, 0.717) is 22.4 Å². The van der Waals surface area contributed by atoms with Crippen LogP contribution < -0.4 is 0 Å². The van der Waals surface area contributed by atoms with Crippen LogP contribution in [0.3, 0.4) is 0 Å². The molecule has 0 aliphatic carbocycles. The summed E-state index contributed by atoms with van der Waals surface area (Å²) in [6.07, 6.45) is 1.13. The summed E-state index contributed by atoms with van der Waals surface area (Å²) in [5.41, 5.74) is 0.797. The van der Waals surface area contributed by atoms with Crippen molar-refractivity contribution in [2.45, 2.75) is 38.0 Å². The van der Waals surface area contributed by atoms with Crippen LogP contribution in [0.2, 0.25) is 5.02 Å². The first-order chi connectivity index (χ1) is 8.02. The van der Waals surface area contributed by atoms with Crippen molar-refractivity contribution in [2.24, 2.45) is 0 Å². The van der Waals surface area contributed by atoms with Crippen LogP contribution in [0.25, 0.3) is 0 Å². The quantitative estimate of drug-likeness (QED) is 0.850. The van der Waals surface area contributed by atoms with Crippen molar-refractivity contribution >= 4 is 23.4 Å². The largest absolute Gasteiger partial charge is 0.392 e. The first-order valence-electron chi connectivity index (χ1n) is 5.76. The molecule has 4 heteroatoms. The third-order valence-corrected chi connectivity index (χ3v) is 4.45. The van der Waals surface area contributed by atoms with Gasteiger partial charge in [-0.2, -0.15) is 11.8 Å². The maximum absolute atomic E-state index is 12.8. The summed E-state index contributed by atoms with van der Waals surface area (Å²) in [4.78, 5) is 0. The van der Waals surface area contributed by atoms with Gasteiger partial charge in [-0.15, -0.1) is 0 Å². The zero-order valence-corrected chi connectivity index (χ0v) is 11.7. The third-order valence-electron chi connectivity index (χ3n) is 2.62. The number of rotatable bonds is 6. The Kier molecular flexibility index (Phi) is 6.31. The van der Waals surface area contributed by atoms with Gasteiger partial charge in [0, 0.05) is 22.4 Å². The molecule has 0 radical (unpaired) electrons. The Hall–Kier alpha value is -0.250. The second-order valence-electron chi connectivity index (χ2n) is 4.15. The Balaban J connectivity index is 2.47. The molecule has 2 unspecified atom stereocenters. The highest BCUT2D eigenvalue weighted by Crippen LogP contribution is 2.21. The highest BCUT2D eigenvalue weighted by Gasteiger charge is 2.11. The fourth-order valence-corrected chi connectivity index (χ4v) is 2.54. The van der Waals surface area contributed by atoms with E-state index >= 15 is 0 Å². The fraction of sp³-hybridized carbons (Fsp3) is 0.538. The highest BCUT2D eigenvalue weighted by atomic mass is 35.5. The van der Waals surface area contributed by atoms with Crippen LogP contribution in [0.4, 0.5) is 4.39 Å². The number of hydrogen-bond donors (Lipinski definition) is 1. The second kappa shape index (κ2) is 7.24. The van der Waals surface area contributed by atoms with Gasteiger partial charge in [0.1, 0.15) is 5.82 Å². The average molecular weight is 277 g/mol. The molecule has 2 atom stereocenters. The number of aliphatic hydroxyl groups excluding tert-OH is 1. The van der Waals surface area contributed by atoms with Gasteiger partial charge in [0.25, 0.3) is 0 Å². The summed E-state index contributed by atoms with van der Waals surface area (Å²) in [5, 5.41) is 10.8. The lowest BCUT2D eigenvalue weighted by Crippen LogP contribution is -2.15. The summed E-state index contributed by atoms with van der Waals surface area (Å²) < 4.78 is 12.8. The van der Waals surface area contributed by atoms with Gasteiger partial charge < -0.3 is 5.11 Å². The van der Waals surface area contributed by atoms with Crippen molar-refractivity contribution in [3.8, 4) is 0 Å². The summed E-state index contributed by atoms with van der Waals surface area (Å²) in [5.74, 6) is 0.338. The molecular weight excluding hydrogens is 259 g/mol. The van der Waals surface area contributed by atoms with Gasteiger partial charge >= 0.3 is 0 Å². The highest BCUT2D eigenvalue weighted by molar-refractivity contribution is 7.99. The Morgan fingerprint density at radius 3 is 2.76 bits per heavy atom. The predicted molar refractivity (Wildman–Crippen MR) is 73.3 cm³/mol. The number of thioether (sulfide) groups is 1. The van der Waals surface area contributed by atoms with Crippen LogP contribution in [0.5, 0.6) is 0 Å². The van der Waals surface area contributed by atoms with Gasteiger partial charge in [0.15, 0.2) is 0 Å². The maximum Gasteiger partial charge on any atom is 0.124 e. The molecule has 0 amide bonds. The minimum absolute atomic E-state index is 0.345. The molecule has 0 aromatic heterocycles. The molecule has 17 heavy (non-hydrogen) atoms. The molecule has 0 saturated carbocycles. The zero-order chi connectivity index (χ0) is 12.8. The molecule has 96 valence electrons. The minimum Gasteiger partial charge on any atom is -0.392 e. The average Bonchev–Trinajstić information content (AvgIpc) is 2.29. The number of halogens is 2. The van der Waals surface area contributed by atoms with E-state index in [2.05, 4.69) is 13.8 Å². The van der Waals surface area contributed by atoms with E-state index in [4.69, 9.17) is 11.6 Å². The molecule has 0 fully saturated rings. The van der Waals surface area contributed by atoms with Crippen LogP contribution in [0, 0.1) is 5.82 Å². The lowest BCUT2D eigenvalue weighted by atomic mass is 10.1. The molecule has 0 heterocycles. The van der Waals surface area contributed by atoms with Crippen molar-refractivity contribution < 1.29 is 9.50 Å². The van der Waals surface area contributed by atoms with Gasteiger partial charge in [-0.25, -0.2) is 4.39 Å². The summed E-state index contributed by atoms with van der Waals surface area (Å²) >= 11 is 7.65. The molecule has 0 spiro atoms. The van der Waals surface area contributed by atoms with Crippen molar-refractivity contribution in [2.75, 3.05) is 5.75 Å². The molecule has 0 aliphatic rings. The van der Waals surface area contributed by atoms with Crippen molar-refractivity contribution in [3.05, 3.63) is 34.6 Å². The zero-order valence-electron chi connectivity index (χ0n) is 10.1. The van der Waals surface area contributed by atoms with E-state index in [-0.39, 0.29) is 5.82 Å². The first kappa shape index (κ1) is 14.8. The fourth-order valence-electron chi connectivity index (χ4n) is 1.39. The second-order valence-corrected chi connectivity index (χ2v) is 6.02. The Morgan fingerprint density at radius 1 is 1.47 bits per heavy atom. The molecule has 1 N–H and O–H groups in total. The van der Waals surface area contributed by atoms with E-state index in [0.717, 1.165) is 12.0 Å². The molecular formula is C13H18ClFOS. The van der Waals surface area contributed by atoms with E-state index in [9.17, 15) is 9.50 Å². The van der Waals surface area contributed by atoms with Crippen molar-refractivity contribution in [3.63, 3.8) is 0 Å². The standard InChI is InChI=1S/C13H18ClFOS/c1-3-9(2)17-8-12(16)6-10-4-5-11(15)7-13(10)14/h4-5,7,9,12,16H,3,6,8H2,1-2H3. The van der Waals surface area contributed by atoms with E-state index in [1.54, 1.807) is 17.8 Å². The Labute approximate surface area is 111 Å². The lowest BCUT2D eigenvalue weighted by molar-refractivity contribution is 0.200. The molecule has 0 saturated heterocycles.